The predicted molar refractivity (Wildman–Crippen MR) is 57.4 cm³/mol. The lowest BCUT2D eigenvalue weighted by molar-refractivity contribution is -0.120. The highest BCUT2D eigenvalue weighted by atomic mass is 79.9. The van der Waals surface area contributed by atoms with Crippen LogP contribution in [0.15, 0.2) is 39.5 Å². The maximum atomic E-state index is 11.3. The van der Waals surface area contributed by atoms with Crippen molar-refractivity contribution in [3.63, 3.8) is 0 Å². The normalized spacial score (nSPS) is 21.0. The molecule has 0 heterocycles. The Labute approximate surface area is 94.3 Å². The number of carbonyl (C=O) groups excluding carboxylic acids is 1. The quantitative estimate of drug-likeness (QED) is 0.853. The first-order chi connectivity index (χ1) is 6.61. The van der Waals surface area contributed by atoms with Crippen molar-refractivity contribution in [3.05, 3.63) is 45.1 Å². The van der Waals surface area contributed by atoms with E-state index in [-0.39, 0.29) is 16.6 Å². The van der Waals surface area contributed by atoms with Gasteiger partial charge in [-0.15, -0.1) is 0 Å². The van der Waals surface area contributed by atoms with E-state index in [1.165, 1.54) is 0 Å². The highest BCUT2D eigenvalue weighted by Crippen LogP contribution is 2.40. The Morgan fingerprint density at radius 1 is 1.29 bits per heavy atom. The number of carbonyl (C=O) groups is 1. The Kier molecular flexibility index (Phi) is 2.37. The third-order valence-corrected chi connectivity index (χ3v) is 3.10. The van der Waals surface area contributed by atoms with Crippen LogP contribution in [0, 0.1) is 0 Å². The number of hydrogen-bond acceptors (Lipinski definition) is 2. The van der Waals surface area contributed by atoms with Crippen LogP contribution < -0.4 is 0 Å². The lowest BCUT2D eigenvalue weighted by Gasteiger charge is -2.24. The molecule has 1 atom stereocenters. The fourth-order valence-electron chi connectivity index (χ4n) is 1.38. The Balaban J connectivity index is 2.36. The van der Waals surface area contributed by atoms with Gasteiger partial charge in [0.25, 0.3) is 0 Å². The van der Waals surface area contributed by atoms with Crippen molar-refractivity contribution in [3.8, 4) is 0 Å². The van der Waals surface area contributed by atoms with Gasteiger partial charge in [-0.25, -0.2) is 0 Å². The number of benzene rings is 1. The first-order valence-electron chi connectivity index (χ1n) is 3.99. The van der Waals surface area contributed by atoms with Gasteiger partial charge in [-0.3, -0.25) is 4.79 Å². The summed E-state index contributed by atoms with van der Waals surface area (Å²) in [4.78, 5) is 11.3. The van der Waals surface area contributed by atoms with Crippen molar-refractivity contribution >= 4 is 33.3 Å². The molecule has 0 aromatic heterocycles. The van der Waals surface area contributed by atoms with E-state index in [0.717, 1.165) is 10.0 Å². The molecular weight excluding hydrogens is 267 g/mol. The molecule has 1 aliphatic rings. The molecule has 0 radical (unpaired) electrons. The molecule has 0 aliphatic heterocycles. The average molecular weight is 274 g/mol. The summed E-state index contributed by atoms with van der Waals surface area (Å²) < 4.78 is 0.942. The summed E-state index contributed by atoms with van der Waals surface area (Å²) in [6, 6.07) is 7.28. The number of hydrogen-bond donors (Lipinski definition) is 1. The molecule has 0 amide bonds. The molecule has 0 saturated carbocycles. The van der Waals surface area contributed by atoms with E-state index in [9.17, 15) is 4.79 Å². The summed E-state index contributed by atoms with van der Waals surface area (Å²) in [5.74, 6) is -1.08. The lowest BCUT2D eigenvalue weighted by Crippen LogP contribution is -2.26. The van der Waals surface area contributed by atoms with Crippen molar-refractivity contribution in [2.75, 3.05) is 0 Å². The van der Waals surface area contributed by atoms with E-state index in [0.29, 0.717) is 0 Å². The minimum Gasteiger partial charge on any atom is -0.504 e. The first-order valence-corrected chi connectivity index (χ1v) is 5.16. The fourth-order valence-corrected chi connectivity index (χ4v) is 1.96. The Hall–Kier alpha value is -0.800. The van der Waals surface area contributed by atoms with Gasteiger partial charge in [0, 0.05) is 4.47 Å². The largest absolute Gasteiger partial charge is 0.504 e. The van der Waals surface area contributed by atoms with Crippen molar-refractivity contribution in [2.24, 2.45) is 0 Å². The van der Waals surface area contributed by atoms with Gasteiger partial charge < -0.3 is 5.11 Å². The third kappa shape index (κ3) is 1.37. The highest BCUT2D eigenvalue weighted by Gasteiger charge is 2.39. The van der Waals surface area contributed by atoms with E-state index < -0.39 is 5.92 Å². The van der Waals surface area contributed by atoms with Crippen LogP contribution in [0.1, 0.15) is 11.5 Å². The Bertz CT molecular complexity index is 422. The minimum absolute atomic E-state index is 0.234. The molecule has 0 spiro atoms. The van der Waals surface area contributed by atoms with Gasteiger partial charge in [-0.05, 0) is 17.7 Å². The zero-order valence-corrected chi connectivity index (χ0v) is 9.34. The molecule has 1 aromatic rings. The van der Waals surface area contributed by atoms with Gasteiger partial charge in [0.15, 0.2) is 5.76 Å². The van der Waals surface area contributed by atoms with Crippen LogP contribution in [0.3, 0.4) is 0 Å². The molecule has 1 unspecified atom stereocenters. The van der Waals surface area contributed by atoms with Crippen molar-refractivity contribution in [2.45, 2.75) is 5.92 Å². The van der Waals surface area contributed by atoms with E-state index >= 15 is 0 Å². The number of aliphatic hydroxyl groups excluding tert-OH is 1. The molecule has 0 fully saturated rings. The molecule has 1 aromatic carbocycles. The van der Waals surface area contributed by atoms with E-state index in [2.05, 4.69) is 15.9 Å². The van der Waals surface area contributed by atoms with Crippen LogP contribution in [0.4, 0.5) is 0 Å². The molecule has 0 bridgehead atoms. The topological polar surface area (TPSA) is 37.3 Å². The molecule has 1 aliphatic carbocycles. The second kappa shape index (κ2) is 3.41. The molecule has 0 saturated heterocycles. The number of Topliss-reactive ketones (excluding diaryl/α,β-unsaturated/α-hetero) is 1. The van der Waals surface area contributed by atoms with Crippen LogP contribution in [0.2, 0.25) is 0 Å². The molecule has 1 N–H and O–H groups in total. The summed E-state index contributed by atoms with van der Waals surface area (Å²) in [7, 11) is 0. The lowest BCUT2D eigenvalue weighted by atomic mass is 9.84. The smallest absolute Gasteiger partial charge is 0.211 e. The standard InChI is InChI=1S/C10H6BrClO2/c11-6-3-1-5(2-4-6)7-8(12)10(14)9(7)13/h1-4,7,14H. The van der Waals surface area contributed by atoms with E-state index in [1.807, 2.05) is 24.3 Å². The highest BCUT2D eigenvalue weighted by molar-refractivity contribution is 9.10. The van der Waals surface area contributed by atoms with Gasteiger partial charge >= 0.3 is 0 Å². The third-order valence-electron chi connectivity index (χ3n) is 2.18. The van der Waals surface area contributed by atoms with Crippen molar-refractivity contribution < 1.29 is 9.90 Å². The summed E-state index contributed by atoms with van der Waals surface area (Å²) in [6.07, 6.45) is 0. The average Bonchev–Trinajstić information content (AvgIpc) is 2.21. The second-order valence-corrected chi connectivity index (χ2v) is 4.37. The Morgan fingerprint density at radius 3 is 2.36 bits per heavy atom. The van der Waals surface area contributed by atoms with Gasteiger partial charge in [0.2, 0.25) is 5.78 Å². The second-order valence-electron chi connectivity index (χ2n) is 3.05. The van der Waals surface area contributed by atoms with Gasteiger partial charge in [-0.2, -0.15) is 0 Å². The summed E-state index contributed by atoms with van der Waals surface area (Å²) in [6.45, 7) is 0. The summed E-state index contributed by atoms with van der Waals surface area (Å²) in [5, 5.41) is 9.29. The Morgan fingerprint density at radius 2 is 1.86 bits per heavy atom. The van der Waals surface area contributed by atoms with E-state index in [1.54, 1.807) is 0 Å². The zero-order valence-electron chi connectivity index (χ0n) is 7.00. The number of rotatable bonds is 1. The fraction of sp³-hybridized carbons (Fsp3) is 0.100. The molecule has 2 rings (SSSR count). The first kappa shape index (κ1) is 9.74. The SMILES string of the molecule is O=C1C(O)=C(Cl)C1c1ccc(Br)cc1. The minimum atomic E-state index is -0.468. The maximum Gasteiger partial charge on any atom is 0.211 e. The van der Waals surface area contributed by atoms with Crippen LogP contribution in [-0.4, -0.2) is 10.9 Å². The van der Waals surface area contributed by atoms with E-state index in [4.69, 9.17) is 16.7 Å². The maximum absolute atomic E-state index is 11.3. The van der Waals surface area contributed by atoms with Gasteiger partial charge in [0.05, 0.1) is 11.0 Å². The molecule has 4 heteroatoms. The zero-order chi connectivity index (χ0) is 10.3. The number of halogens is 2. The predicted octanol–water partition coefficient (Wildman–Crippen LogP) is 3.12. The number of aliphatic hydroxyl groups is 1. The van der Waals surface area contributed by atoms with Crippen LogP contribution in [0.25, 0.3) is 0 Å². The number of allylic oxidation sites excluding steroid dienone is 2. The molecular formula is C10H6BrClO2. The van der Waals surface area contributed by atoms with Crippen LogP contribution in [0.5, 0.6) is 0 Å². The molecule has 14 heavy (non-hydrogen) atoms. The summed E-state index contributed by atoms with van der Waals surface area (Å²) >= 11 is 9.03. The van der Waals surface area contributed by atoms with Gasteiger partial charge in [-0.1, -0.05) is 39.7 Å². The van der Waals surface area contributed by atoms with Gasteiger partial charge in [0.1, 0.15) is 0 Å². The number of ketones is 1. The van der Waals surface area contributed by atoms with Crippen LogP contribution >= 0.6 is 27.5 Å². The van der Waals surface area contributed by atoms with Crippen molar-refractivity contribution in [1.29, 1.82) is 0 Å². The molecule has 2 nitrogen and oxygen atoms in total. The molecule has 72 valence electrons. The van der Waals surface area contributed by atoms with Crippen molar-refractivity contribution in [1.82, 2.24) is 0 Å². The monoisotopic (exact) mass is 272 g/mol. The summed E-state index contributed by atoms with van der Waals surface area (Å²) in [5.41, 5.74) is 0.806. The van der Waals surface area contributed by atoms with Crippen LogP contribution in [-0.2, 0) is 4.79 Å².